The van der Waals surface area contributed by atoms with Crippen LogP contribution in [0.5, 0.6) is 0 Å². The van der Waals surface area contributed by atoms with Gasteiger partial charge in [-0.15, -0.1) is 11.8 Å². The molecule has 3 heteroatoms. The lowest BCUT2D eigenvalue weighted by Gasteiger charge is -2.15. The van der Waals surface area contributed by atoms with E-state index in [1.54, 1.807) is 0 Å². The summed E-state index contributed by atoms with van der Waals surface area (Å²) >= 11 is 8.37. The third-order valence-electron chi connectivity index (χ3n) is 4.11. The Bertz CT molecular complexity index is 415. The minimum atomic E-state index is 0.376. The van der Waals surface area contributed by atoms with E-state index in [1.807, 2.05) is 11.8 Å². The number of nitrogens with one attached hydrogen (secondary N) is 1. The minimum absolute atomic E-state index is 0.376. The predicted octanol–water partition coefficient (Wildman–Crippen LogP) is 5.68. The average Bonchev–Trinajstić information content (AvgIpc) is 2.96. The van der Waals surface area contributed by atoms with Crippen molar-refractivity contribution in [2.75, 3.05) is 12.3 Å². The van der Waals surface area contributed by atoms with E-state index in [1.165, 1.54) is 41.9 Å². The third kappa shape index (κ3) is 4.68. The summed E-state index contributed by atoms with van der Waals surface area (Å²) in [5.41, 5.74) is 1.29. The Kier molecular flexibility index (Phi) is 6.73. The van der Waals surface area contributed by atoms with Crippen molar-refractivity contribution in [1.82, 2.24) is 5.32 Å². The lowest BCUT2D eigenvalue weighted by molar-refractivity contribution is 0.570. The van der Waals surface area contributed by atoms with E-state index >= 15 is 0 Å². The number of thioether (sulfide) groups is 1. The number of rotatable bonds is 7. The van der Waals surface area contributed by atoms with Crippen LogP contribution in [0.15, 0.2) is 23.1 Å². The highest BCUT2D eigenvalue weighted by molar-refractivity contribution is 7.99. The first-order valence-corrected chi connectivity index (χ1v) is 9.22. The van der Waals surface area contributed by atoms with Gasteiger partial charge in [-0.2, -0.15) is 0 Å². The van der Waals surface area contributed by atoms with Gasteiger partial charge >= 0.3 is 0 Å². The van der Waals surface area contributed by atoms with E-state index in [0.717, 1.165) is 23.9 Å². The van der Waals surface area contributed by atoms with E-state index in [-0.39, 0.29) is 0 Å². The Balaban J connectivity index is 1.91. The van der Waals surface area contributed by atoms with Crippen molar-refractivity contribution >= 4 is 23.4 Å². The van der Waals surface area contributed by atoms with Gasteiger partial charge < -0.3 is 5.32 Å². The van der Waals surface area contributed by atoms with Crippen LogP contribution in [-0.4, -0.2) is 12.3 Å². The van der Waals surface area contributed by atoms with Crippen LogP contribution in [0.2, 0.25) is 5.02 Å². The van der Waals surface area contributed by atoms with Crippen LogP contribution in [0, 0.1) is 5.92 Å². The fourth-order valence-corrected chi connectivity index (χ4v) is 4.23. The van der Waals surface area contributed by atoms with E-state index in [4.69, 9.17) is 11.6 Å². The molecule has 1 aromatic rings. The van der Waals surface area contributed by atoms with Crippen molar-refractivity contribution in [2.24, 2.45) is 5.92 Å². The molecular weight excluding hydrogens is 286 g/mol. The van der Waals surface area contributed by atoms with E-state index in [0.29, 0.717) is 6.04 Å². The molecule has 0 bridgehead atoms. The highest BCUT2D eigenvalue weighted by atomic mass is 35.5. The largest absolute Gasteiger partial charge is 0.310 e. The van der Waals surface area contributed by atoms with Crippen molar-refractivity contribution in [3.63, 3.8) is 0 Å². The third-order valence-corrected chi connectivity index (χ3v) is 5.84. The van der Waals surface area contributed by atoms with Crippen molar-refractivity contribution in [1.29, 1.82) is 0 Å². The zero-order valence-corrected chi connectivity index (χ0v) is 14.2. The summed E-state index contributed by atoms with van der Waals surface area (Å²) in [6, 6.07) is 6.92. The Hall–Kier alpha value is -0.180. The summed E-state index contributed by atoms with van der Waals surface area (Å²) in [4.78, 5) is 1.24. The lowest BCUT2D eigenvalue weighted by atomic mass is 10.1. The standard InChI is InChI=1S/C17H26ClNS/c1-3-10-19-13(2)15-8-9-17(16(18)11-15)20-12-14-6-4-5-7-14/h8-9,11,13-14,19H,3-7,10,12H2,1-2H3. The molecule has 1 nitrogen and oxygen atoms in total. The minimum Gasteiger partial charge on any atom is -0.310 e. The molecule has 0 amide bonds. The van der Waals surface area contributed by atoms with Crippen molar-refractivity contribution in [3.8, 4) is 0 Å². The van der Waals surface area contributed by atoms with E-state index in [9.17, 15) is 0 Å². The molecule has 0 spiro atoms. The van der Waals surface area contributed by atoms with Crippen LogP contribution < -0.4 is 5.32 Å². The van der Waals surface area contributed by atoms with Crippen molar-refractivity contribution in [2.45, 2.75) is 56.9 Å². The molecule has 1 aliphatic rings. The maximum absolute atomic E-state index is 6.44. The monoisotopic (exact) mass is 311 g/mol. The average molecular weight is 312 g/mol. The molecule has 2 rings (SSSR count). The molecule has 1 saturated carbocycles. The Morgan fingerprint density at radius 1 is 1.35 bits per heavy atom. The molecule has 112 valence electrons. The van der Waals surface area contributed by atoms with Gasteiger partial charge in [0, 0.05) is 16.7 Å². The van der Waals surface area contributed by atoms with Crippen LogP contribution in [0.4, 0.5) is 0 Å². The quantitative estimate of drug-likeness (QED) is 0.650. The summed E-state index contributed by atoms with van der Waals surface area (Å²) in [5, 5.41) is 4.42. The van der Waals surface area contributed by atoms with Gasteiger partial charge in [-0.25, -0.2) is 0 Å². The van der Waals surface area contributed by atoms with Gasteiger partial charge in [-0.3, -0.25) is 0 Å². The number of benzene rings is 1. The van der Waals surface area contributed by atoms with Gasteiger partial charge in [0.05, 0.1) is 5.02 Å². The van der Waals surface area contributed by atoms with Gasteiger partial charge in [0.15, 0.2) is 0 Å². The summed E-state index contributed by atoms with van der Waals surface area (Å²) in [5.74, 6) is 2.13. The molecule has 1 aromatic carbocycles. The normalized spacial score (nSPS) is 17.6. The molecule has 1 atom stereocenters. The zero-order chi connectivity index (χ0) is 14.4. The highest BCUT2D eigenvalue weighted by Gasteiger charge is 2.16. The van der Waals surface area contributed by atoms with Crippen LogP contribution >= 0.6 is 23.4 Å². The van der Waals surface area contributed by atoms with Crippen LogP contribution in [0.3, 0.4) is 0 Å². The van der Waals surface area contributed by atoms with Gasteiger partial charge in [0.25, 0.3) is 0 Å². The molecule has 1 unspecified atom stereocenters. The summed E-state index contributed by atoms with van der Waals surface area (Å²) in [6.07, 6.45) is 6.80. The number of halogens is 1. The molecule has 20 heavy (non-hydrogen) atoms. The Morgan fingerprint density at radius 2 is 2.10 bits per heavy atom. The molecule has 0 radical (unpaired) electrons. The summed E-state index contributed by atoms with van der Waals surface area (Å²) in [7, 11) is 0. The van der Waals surface area contributed by atoms with Crippen LogP contribution in [0.25, 0.3) is 0 Å². The van der Waals surface area contributed by atoms with Gasteiger partial charge in [0.1, 0.15) is 0 Å². The number of hydrogen-bond donors (Lipinski definition) is 1. The molecule has 0 aliphatic heterocycles. The fraction of sp³-hybridized carbons (Fsp3) is 0.647. The van der Waals surface area contributed by atoms with Gasteiger partial charge in [-0.05, 0) is 56.3 Å². The highest BCUT2D eigenvalue weighted by Crippen LogP contribution is 2.35. The Morgan fingerprint density at radius 3 is 2.75 bits per heavy atom. The van der Waals surface area contributed by atoms with Crippen LogP contribution in [0.1, 0.15) is 57.6 Å². The van der Waals surface area contributed by atoms with Crippen molar-refractivity contribution in [3.05, 3.63) is 28.8 Å². The smallest absolute Gasteiger partial charge is 0.0545 e. The topological polar surface area (TPSA) is 12.0 Å². The van der Waals surface area contributed by atoms with Gasteiger partial charge in [0.2, 0.25) is 0 Å². The molecule has 0 heterocycles. The van der Waals surface area contributed by atoms with E-state index < -0.39 is 0 Å². The van der Waals surface area contributed by atoms with Crippen molar-refractivity contribution < 1.29 is 0 Å². The molecule has 0 aromatic heterocycles. The lowest BCUT2D eigenvalue weighted by Crippen LogP contribution is -2.19. The predicted molar refractivity (Wildman–Crippen MR) is 90.8 cm³/mol. The molecule has 0 saturated heterocycles. The second-order valence-electron chi connectivity index (χ2n) is 5.83. The maximum Gasteiger partial charge on any atom is 0.0545 e. The molecule has 1 N–H and O–H groups in total. The molecular formula is C17H26ClNS. The van der Waals surface area contributed by atoms with E-state index in [2.05, 4.69) is 37.4 Å². The van der Waals surface area contributed by atoms with Gasteiger partial charge in [-0.1, -0.05) is 37.4 Å². The molecule has 1 fully saturated rings. The second-order valence-corrected chi connectivity index (χ2v) is 7.30. The second kappa shape index (κ2) is 8.31. The van der Waals surface area contributed by atoms with Crippen LogP contribution in [-0.2, 0) is 0 Å². The first-order chi connectivity index (χ1) is 9.70. The summed E-state index contributed by atoms with van der Waals surface area (Å²) < 4.78 is 0. The SMILES string of the molecule is CCCNC(C)c1ccc(SCC2CCCC2)c(Cl)c1. The Labute approximate surface area is 132 Å². The fourth-order valence-electron chi connectivity index (χ4n) is 2.77. The first kappa shape index (κ1) is 16.2. The first-order valence-electron chi connectivity index (χ1n) is 7.86. The molecule has 1 aliphatic carbocycles. The summed E-state index contributed by atoms with van der Waals surface area (Å²) in [6.45, 7) is 5.44. The maximum atomic E-state index is 6.44. The zero-order valence-electron chi connectivity index (χ0n) is 12.6. The number of hydrogen-bond acceptors (Lipinski definition) is 2.